The average molecular weight is 339 g/mol. The lowest BCUT2D eigenvalue weighted by atomic mass is 10.1. The molecule has 0 saturated heterocycles. The zero-order valence-electron chi connectivity index (χ0n) is 13.8. The molecule has 5 nitrogen and oxygen atoms in total. The van der Waals surface area contributed by atoms with E-state index in [9.17, 15) is 9.18 Å². The van der Waals surface area contributed by atoms with Crippen molar-refractivity contribution in [2.24, 2.45) is 0 Å². The summed E-state index contributed by atoms with van der Waals surface area (Å²) >= 11 is 0. The van der Waals surface area contributed by atoms with Crippen molar-refractivity contribution in [2.45, 2.75) is 19.8 Å². The van der Waals surface area contributed by atoms with Crippen molar-refractivity contribution < 1.29 is 13.6 Å². The molecule has 1 amide bonds. The second-order valence-corrected chi connectivity index (χ2v) is 5.63. The van der Waals surface area contributed by atoms with E-state index in [1.54, 1.807) is 43.6 Å². The van der Waals surface area contributed by atoms with E-state index >= 15 is 0 Å². The van der Waals surface area contributed by atoms with Gasteiger partial charge < -0.3 is 9.73 Å². The third kappa shape index (κ3) is 4.29. The van der Waals surface area contributed by atoms with Gasteiger partial charge >= 0.3 is 0 Å². The zero-order chi connectivity index (χ0) is 17.6. The first-order chi connectivity index (χ1) is 12.1. The lowest BCUT2D eigenvalue weighted by Crippen LogP contribution is -2.27. The summed E-state index contributed by atoms with van der Waals surface area (Å²) in [5, 5.41) is 2.78. The number of hydrogen-bond donors (Lipinski definition) is 1. The number of nitrogens with one attached hydrogen (secondary N) is 1. The largest absolute Gasteiger partial charge is 0.441 e. The molecule has 0 aliphatic carbocycles. The third-order valence-corrected chi connectivity index (χ3v) is 3.80. The molecule has 3 rings (SSSR count). The van der Waals surface area contributed by atoms with E-state index in [1.165, 1.54) is 6.07 Å². The monoisotopic (exact) mass is 339 g/mol. The van der Waals surface area contributed by atoms with Crippen molar-refractivity contribution >= 4 is 5.91 Å². The van der Waals surface area contributed by atoms with Crippen LogP contribution in [0.3, 0.4) is 0 Å². The van der Waals surface area contributed by atoms with E-state index < -0.39 is 0 Å². The Morgan fingerprint density at radius 3 is 2.84 bits per heavy atom. The van der Waals surface area contributed by atoms with Crippen LogP contribution in [-0.4, -0.2) is 22.4 Å². The Kier molecular flexibility index (Phi) is 5.18. The van der Waals surface area contributed by atoms with Gasteiger partial charge in [0.05, 0.1) is 17.7 Å². The first kappa shape index (κ1) is 16.8. The van der Waals surface area contributed by atoms with Crippen LogP contribution in [0.5, 0.6) is 0 Å². The van der Waals surface area contributed by atoms with Gasteiger partial charge in [-0.1, -0.05) is 18.2 Å². The van der Waals surface area contributed by atoms with Gasteiger partial charge in [-0.25, -0.2) is 9.37 Å². The van der Waals surface area contributed by atoms with E-state index in [4.69, 9.17) is 4.42 Å². The Labute approximate surface area is 144 Å². The van der Waals surface area contributed by atoms with E-state index in [1.807, 2.05) is 6.07 Å². The quantitative estimate of drug-likeness (QED) is 0.749. The minimum Gasteiger partial charge on any atom is -0.441 e. The van der Waals surface area contributed by atoms with Crippen LogP contribution in [0.4, 0.5) is 4.39 Å². The molecule has 25 heavy (non-hydrogen) atoms. The highest BCUT2D eigenvalue weighted by atomic mass is 19.1. The summed E-state index contributed by atoms with van der Waals surface area (Å²) in [4.78, 5) is 20.5. The standard InChI is InChI=1S/C19H18FN3O2/c1-13-17(23-19(25-13)15-6-4-9-21-12-15)11-18(24)22-10-8-14-5-2-3-7-16(14)20/h2-7,9,12H,8,10-11H2,1H3,(H,22,24). The van der Waals surface area contributed by atoms with Crippen molar-refractivity contribution in [3.05, 3.63) is 71.6 Å². The van der Waals surface area contributed by atoms with Crippen LogP contribution in [0.15, 0.2) is 53.2 Å². The van der Waals surface area contributed by atoms with Gasteiger partial charge in [-0.3, -0.25) is 9.78 Å². The third-order valence-electron chi connectivity index (χ3n) is 3.80. The van der Waals surface area contributed by atoms with Gasteiger partial charge in [-0.15, -0.1) is 0 Å². The number of hydrogen-bond acceptors (Lipinski definition) is 4. The summed E-state index contributed by atoms with van der Waals surface area (Å²) < 4.78 is 19.1. The van der Waals surface area contributed by atoms with E-state index in [2.05, 4.69) is 15.3 Å². The maximum absolute atomic E-state index is 13.5. The number of aryl methyl sites for hydroxylation is 1. The Hall–Kier alpha value is -3.02. The summed E-state index contributed by atoms with van der Waals surface area (Å²) in [6.45, 7) is 2.14. The van der Waals surface area contributed by atoms with Crippen LogP contribution in [0.1, 0.15) is 17.0 Å². The van der Waals surface area contributed by atoms with Crippen LogP contribution in [-0.2, 0) is 17.6 Å². The first-order valence-electron chi connectivity index (χ1n) is 8.00. The lowest BCUT2D eigenvalue weighted by molar-refractivity contribution is -0.120. The second-order valence-electron chi connectivity index (χ2n) is 5.63. The molecule has 0 radical (unpaired) electrons. The molecule has 128 valence electrons. The summed E-state index contributed by atoms with van der Waals surface area (Å²) in [5.74, 6) is 0.610. The highest BCUT2D eigenvalue weighted by Crippen LogP contribution is 2.20. The van der Waals surface area contributed by atoms with Crippen molar-refractivity contribution in [1.29, 1.82) is 0 Å². The summed E-state index contributed by atoms with van der Waals surface area (Å²) in [7, 11) is 0. The van der Waals surface area contributed by atoms with Crippen LogP contribution in [0.2, 0.25) is 0 Å². The Morgan fingerprint density at radius 1 is 1.24 bits per heavy atom. The van der Waals surface area contributed by atoms with Gasteiger partial charge in [0.25, 0.3) is 0 Å². The average Bonchev–Trinajstić information content (AvgIpc) is 2.98. The topological polar surface area (TPSA) is 68.0 Å². The predicted molar refractivity (Wildman–Crippen MR) is 91.3 cm³/mol. The fourth-order valence-corrected chi connectivity index (χ4v) is 2.46. The van der Waals surface area contributed by atoms with Crippen molar-refractivity contribution in [3.63, 3.8) is 0 Å². The molecule has 0 aliphatic rings. The number of carbonyl (C=O) groups excluding carboxylic acids is 1. The molecule has 3 aromatic rings. The van der Waals surface area contributed by atoms with E-state index in [0.717, 1.165) is 5.56 Å². The molecular formula is C19H18FN3O2. The molecule has 1 aromatic carbocycles. The lowest BCUT2D eigenvalue weighted by Gasteiger charge is -2.05. The van der Waals surface area contributed by atoms with Crippen LogP contribution < -0.4 is 5.32 Å². The molecule has 0 aliphatic heterocycles. The van der Waals surface area contributed by atoms with Crippen LogP contribution in [0.25, 0.3) is 11.5 Å². The van der Waals surface area contributed by atoms with Crippen molar-refractivity contribution in [1.82, 2.24) is 15.3 Å². The highest BCUT2D eigenvalue weighted by Gasteiger charge is 2.14. The minimum absolute atomic E-state index is 0.118. The summed E-state index contributed by atoms with van der Waals surface area (Å²) in [6.07, 6.45) is 3.89. The molecule has 0 unspecified atom stereocenters. The number of halogens is 1. The molecule has 0 bridgehead atoms. The molecule has 0 saturated carbocycles. The molecule has 0 spiro atoms. The van der Waals surface area contributed by atoms with Gasteiger partial charge in [-0.05, 0) is 37.1 Å². The summed E-state index contributed by atoms with van der Waals surface area (Å²) in [6, 6.07) is 10.2. The summed E-state index contributed by atoms with van der Waals surface area (Å²) in [5.41, 5.74) is 1.93. The van der Waals surface area contributed by atoms with Gasteiger partial charge in [0.15, 0.2) is 0 Å². The van der Waals surface area contributed by atoms with Crippen molar-refractivity contribution in [3.8, 4) is 11.5 Å². The number of aromatic nitrogens is 2. The minimum atomic E-state index is -0.259. The van der Waals surface area contributed by atoms with Crippen LogP contribution in [0, 0.1) is 12.7 Å². The molecule has 2 aromatic heterocycles. The first-order valence-corrected chi connectivity index (χ1v) is 8.00. The normalized spacial score (nSPS) is 10.6. The van der Waals surface area contributed by atoms with Gasteiger partial charge in [0.1, 0.15) is 11.6 Å². The number of pyridine rings is 1. The highest BCUT2D eigenvalue weighted by molar-refractivity contribution is 5.78. The van der Waals surface area contributed by atoms with Gasteiger partial charge in [0, 0.05) is 18.9 Å². The van der Waals surface area contributed by atoms with Gasteiger partial charge in [0.2, 0.25) is 11.8 Å². The maximum Gasteiger partial charge on any atom is 0.228 e. The molecule has 2 heterocycles. The number of nitrogens with zero attached hydrogens (tertiary/aromatic N) is 2. The fourth-order valence-electron chi connectivity index (χ4n) is 2.46. The molecular weight excluding hydrogens is 321 g/mol. The molecule has 6 heteroatoms. The van der Waals surface area contributed by atoms with Crippen molar-refractivity contribution in [2.75, 3.05) is 6.54 Å². The SMILES string of the molecule is Cc1oc(-c2cccnc2)nc1CC(=O)NCCc1ccccc1F. The fraction of sp³-hybridized carbons (Fsp3) is 0.211. The molecule has 0 atom stereocenters. The second kappa shape index (κ2) is 7.70. The molecule has 1 N–H and O–H groups in total. The zero-order valence-corrected chi connectivity index (χ0v) is 13.8. The number of carbonyl (C=O) groups is 1. The molecule has 0 fully saturated rings. The Balaban J connectivity index is 1.56. The maximum atomic E-state index is 13.5. The smallest absolute Gasteiger partial charge is 0.228 e. The number of oxazole rings is 1. The van der Waals surface area contributed by atoms with Gasteiger partial charge in [-0.2, -0.15) is 0 Å². The number of rotatable bonds is 6. The Bertz CT molecular complexity index is 862. The number of amides is 1. The number of benzene rings is 1. The van der Waals surface area contributed by atoms with Crippen LogP contribution >= 0.6 is 0 Å². The Morgan fingerprint density at radius 2 is 2.08 bits per heavy atom. The predicted octanol–water partition coefficient (Wildman–Crippen LogP) is 3.09. The van der Waals surface area contributed by atoms with E-state index in [0.29, 0.717) is 35.9 Å². The van der Waals surface area contributed by atoms with E-state index in [-0.39, 0.29) is 18.1 Å².